The first-order valence-corrected chi connectivity index (χ1v) is 27.0. The highest BCUT2D eigenvalue weighted by atomic mass is 15.2. The lowest BCUT2D eigenvalue weighted by atomic mass is 9.92. The summed E-state index contributed by atoms with van der Waals surface area (Å²) in [5.74, 6) is 1.76. The van der Waals surface area contributed by atoms with Crippen molar-refractivity contribution < 1.29 is 0 Å². The summed E-state index contributed by atoms with van der Waals surface area (Å²) in [5, 5.41) is 4.78. The zero-order chi connectivity index (χ0) is 51.0. The Labute approximate surface area is 444 Å². The van der Waals surface area contributed by atoms with Crippen LogP contribution >= 0.6 is 0 Å². The molecule has 3 aromatic heterocycles. The van der Waals surface area contributed by atoms with Crippen molar-refractivity contribution in [2.24, 2.45) is 0 Å². The number of fused-ring (bicyclic) bond motifs is 6. The molecule has 0 radical (unpaired) electrons. The van der Waals surface area contributed by atoms with Crippen LogP contribution in [0.15, 0.2) is 237 Å². The zero-order valence-corrected chi connectivity index (χ0v) is 43.0. The molecule has 0 amide bonds. The van der Waals surface area contributed by atoms with Crippen molar-refractivity contribution in [3.05, 3.63) is 248 Å². The van der Waals surface area contributed by atoms with Crippen LogP contribution in [0.4, 0.5) is 0 Å². The van der Waals surface area contributed by atoms with Crippen molar-refractivity contribution in [3.8, 4) is 78.9 Å². The summed E-state index contributed by atoms with van der Waals surface area (Å²) >= 11 is 0. The highest BCUT2D eigenvalue weighted by Crippen LogP contribution is 2.42. The second-order valence-corrected chi connectivity index (χ2v) is 20.0. The average Bonchev–Trinajstić information content (AvgIpc) is 4.04. The summed E-state index contributed by atoms with van der Waals surface area (Å²) < 4.78 is 4.68. The molecule has 0 aliphatic rings. The van der Waals surface area contributed by atoms with E-state index in [-0.39, 0.29) is 0 Å². The van der Waals surface area contributed by atoms with Gasteiger partial charge in [-0.1, -0.05) is 203 Å². The van der Waals surface area contributed by atoms with Gasteiger partial charge in [-0.3, -0.25) is 4.57 Å². The van der Waals surface area contributed by atoms with Gasteiger partial charge in [0.1, 0.15) is 0 Å². The molecule has 76 heavy (non-hydrogen) atoms. The number of nitrogens with zero attached hydrogens (tertiary/aromatic N) is 5. The largest absolute Gasteiger partial charge is 0.309 e. The quantitative estimate of drug-likeness (QED) is 0.109. The van der Waals surface area contributed by atoms with Gasteiger partial charge >= 0.3 is 0 Å². The lowest BCUT2D eigenvalue weighted by Crippen LogP contribution is -2.07. The maximum absolute atomic E-state index is 5.59. The third-order valence-electron chi connectivity index (χ3n) is 15.2. The third kappa shape index (κ3) is 8.54. The molecule has 0 atom stereocenters. The number of hydrogen-bond acceptors (Lipinski definition) is 3. The number of benzene rings is 10. The summed E-state index contributed by atoms with van der Waals surface area (Å²) in [7, 11) is 0. The molecule has 0 saturated heterocycles. The van der Waals surface area contributed by atoms with Gasteiger partial charge < -0.3 is 4.57 Å². The minimum Gasteiger partial charge on any atom is -0.309 e. The van der Waals surface area contributed by atoms with Gasteiger partial charge in [0.2, 0.25) is 5.95 Å². The Kier molecular flexibility index (Phi) is 12.4. The number of para-hydroxylation sites is 1. The van der Waals surface area contributed by atoms with Crippen molar-refractivity contribution >= 4 is 43.6 Å². The van der Waals surface area contributed by atoms with Gasteiger partial charge in [-0.15, -0.1) is 0 Å². The van der Waals surface area contributed by atoms with Gasteiger partial charge in [0.05, 0.1) is 27.8 Å². The minimum absolute atomic E-state index is 0.553. The molecule has 0 saturated carbocycles. The van der Waals surface area contributed by atoms with E-state index in [4.69, 9.17) is 15.0 Å². The van der Waals surface area contributed by atoms with Crippen LogP contribution in [0.2, 0.25) is 0 Å². The standard InChI is InChI=1S/C71H57N5/c1-3-5-22-48-36-40-65-60(44-48)61-45-49(23-6-4-2)37-41-66(61)75(65)64-35-21-20-34-59(64)70-72-69(52-28-14-9-15-29-52)73-71(74-70)76-67-42-38-53(57-32-18-16-30-55(57)50-24-10-7-11-25-50)46-62(67)63-47-54(39-43-68(63)76)58-33-19-17-31-56(58)51-26-12-8-13-27-51/h7-21,24-47H,3-6,22-23H2,1-2H3. The SMILES string of the molecule is CCCCc1ccc2c(c1)c1cc(CCCC)ccc1n2-c1ccccc1-c1nc(-c2ccccc2)nc(-n2c3ccc(-c4ccccc4-c4ccccc4)cc3c3cc(-c4ccccc4-c4ccccc4)ccc32)n1. The molecular formula is C71H57N5. The van der Waals surface area contributed by atoms with Crippen LogP contribution in [0.5, 0.6) is 0 Å². The predicted octanol–water partition coefficient (Wildman–Crippen LogP) is 18.8. The van der Waals surface area contributed by atoms with E-state index >= 15 is 0 Å². The molecule has 0 unspecified atom stereocenters. The molecule has 0 fully saturated rings. The summed E-state index contributed by atoms with van der Waals surface area (Å²) in [6, 6.07) is 85.7. The smallest absolute Gasteiger partial charge is 0.238 e. The second-order valence-electron chi connectivity index (χ2n) is 20.0. The van der Waals surface area contributed by atoms with Crippen molar-refractivity contribution in [1.29, 1.82) is 0 Å². The number of aryl methyl sites for hydroxylation is 2. The number of hydrogen-bond donors (Lipinski definition) is 0. The molecule has 13 aromatic rings. The molecule has 3 heterocycles. The van der Waals surface area contributed by atoms with Crippen LogP contribution in [0.1, 0.15) is 50.7 Å². The summed E-state index contributed by atoms with van der Waals surface area (Å²) in [6.07, 6.45) is 6.79. The first-order chi connectivity index (χ1) is 37.6. The molecule has 5 nitrogen and oxygen atoms in total. The van der Waals surface area contributed by atoms with Crippen LogP contribution < -0.4 is 0 Å². The van der Waals surface area contributed by atoms with Gasteiger partial charge in [-0.2, -0.15) is 9.97 Å². The normalized spacial score (nSPS) is 11.6. The van der Waals surface area contributed by atoms with Crippen molar-refractivity contribution in [2.45, 2.75) is 52.4 Å². The molecule has 5 heteroatoms. The van der Waals surface area contributed by atoms with E-state index in [1.807, 2.05) is 6.07 Å². The number of rotatable bonds is 14. The van der Waals surface area contributed by atoms with Gasteiger partial charge in [0.15, 0.2) is 11.6 Å². The number of unbranched alkanes of at least 4 members (excludes halogenated alkanes) is 2. The topological polar surface area (TPSA) is 48.5 Å². The molecular weight excluding hydrogens is 923 g/mol. The number of aromatic nitrogens is 5. The summed E-state index contributed by atoms with van der Waals surface area (Å²) in [4.78, 5) is 16.4. The van der Waals surface area contributed by atoms with E-state index in [9.17, 15) is 0 Å². The van der Waals surface area contributed by atoms with Crippen LogP contribution in [0.25, 0.3) is 123 Å². The van der Waals surface area contributed by atoms with Gasteiger partial charge in [0.25, 0.3) is 0 Å². The van der Waals surface area contributed by atoms with Crippen molar-refractivity contribution in [2.75, 3.05) is 0 Å². The maximum Gasteiger partial charge on any atom is 0.238 e. The first kappa shape index (κ1) is 46.6. The second kappa shape index (κ2) is 20.3. The van der Waals surface area contributed by atoms with Crippen LogP contribution in [-0.2, 0) is 12.8 Å². The Balaban J connectivity index is 1.05. The van der Waals surface area contributed by atoms with E-state index in [0.717, 1.165) is 75.4 Å². The van der Waals surface area contributed by atoms with Gasteiger partial charge in [0, 0.05) is 32.7 Å². The van der Waals surface area contributed by atoms with E-state index in [1.165, 1.54) is 79.2 Å². The summed E-state index contributed by atoms with van der Waals surface area (Å²) in [6.45, 7) is 4.54. The Hall–Kier alpha value is -9.19. The monoisotopic (exact) mass is 979 g/mol. The van der Waals surface area contributed by atoms with E-state index in [0.29, 0.717) is 17.6 Å². The lowest BCUT2D eigenvalue weighted by Gasteiger charge is -2.15. The fraction of sp³-hybridized carbons (Fsp3) is 0.113. The van der Waals surface area contributed by atoms with Crippen molar-refractivity contribution in [3.63, 3.8) is 0 Å². The molecule has 0 spiro atoms. The van der Waals surface area contributed by atoms with Crippen molar-refractivity contribution in [1.82, 2.24) is 24.1 Å². The predicted molar refractivity (Wildman–Crippen MR) is 318 cm³/mol. The Morgan fingerprint density at radius 3 is 1.17 bits per heavy atom. The Morgan fingerprint density at radius 1 is 0.303 bits per heavy atom. The van der Waals surface area contributed by atoms with Crippen LogP contribution in [0.3, 0.4) is 0 Å². The average molecular weight is 980 g/mol. The fourth-order valence-electron chi connectivity index (χ4n) is 11.4. The Bertz CT molecular complexity index is 4040. The molecule has 13 rings (SSSR count). The fourth-order valence-corrected chi connectivity index (χ4v) is 11.4. The zero-order valence-electron chi connectivity index (χ0n) is 43.0. The highest BCUT2D eigenvalue weighted by Gasteiger charge is 2.23. The summed E-state index contributed by atoms with van der Waals surface area (Å²) in [5.41, 5.74) is 19.3. The Morgan fingerprint density at radius 2 is 0.684 bits per heavy atom. The molecule has 0 N–H and O–H groups in total. The molecule has 0 bridgehead atoms. The van der Waals surface area contributed by atoms with E-state index < -0.39 is 0 Å². The van der Waals surface area contributed by atoms with Gasteiger partial charge in [-0.25, -0.2) is 4.98 Å². The van der Waals surface area contributed by atoms with Crippen LogP contribution in [-0.4, -0.2) is 24.1 Å². The third-order valence-corrected chi connectivity index (χ3v) is 15.2. The molecule has 10 aromatic carbocycles. The minimum atomic E-state index is 0.553. The highest BCUT2D eigenvalue weighted by molar-refractivity contribution is 6.13. The van der Waals surface area contributed by atoms with Crippen LogP contribution in [0, 0.1) is 0 Å². The van der Waals surface area contributed by atoms with Gasteiger partial charge in [-0.05, 0) is 142 Å². The first-order valence-electron chi connectivity index (χ1n) is 27.0. The van der Waals surface area contributed by atoms with E-state index in [1.54, 1.807) is 0 Å². The molecule has 366 valence electrons. The molecule has 0 aliphatic heterocycles. The molecule has 0 aliphatic carbocycles. The lowest BCUT2D eigenvalue weighted by molar-refractivity contribution is 0.795. The maximum atomic E-state index is 5.59. The van der Waals surface area contributed by atoms with E-state index in [2.05, 4.69) is 254 Å².